The minimum Gasteiger partial charge on any atom is -0.311 e. The molecule has 1 aliphatic carbocycles. The predicted molar refractivity (Wildman–Crippen MR) is 69.6 cm³/mol. The molecule has 0 amide bonds. The highest BCUT2D eigenvalue weighted by atomic mass is 15.3. The van der Waals surface area contributed by atoms with Crippen molar-refractivity contribution in [2.24, 2.45) is 11.8 Å². The first kappa shape index (κ1) is 12.4. The van der Waals surface area contributed by atoms with E-state index in [1.165, 1.54) is 32.4 Å². The average Bonchev–Trinajstić information content (AvgIpc) is 2.25. The van der Waals surface area contributed by atoms with Gasteiger partial charge in [-0.05, 0) is 31.6 Å². The van der Waals surface area contributed by atoms with Crippen LogP contribution >= 0.6 is 0 Å². The maximum absolute atomic E-state index is 3.72. The van der Waals surface area contributed by atoms with Crippen molar-refractivity contribution < 1.29 is 0 Å². The molecule has 2 rings (SSSR count). The highest BCUT2D eigenvalue weighted by Gasteiger charge is 2.37. The molecule has 2 fully saturated rings. The van der Waals surface area contributed by atoms with Crippen LogP contribution in [0, 0.1) is 11.8 Å². The predicted octanol–water partition coefficient (Wildman–Crippen LogP) is 2.49. The Morgan fingerprint density at radius 2 is 2.00 bits per heavy atom. The van der Waals surface area contributed by atoms with Crippen LogP contribution in [0.3, 0.4) is 0 Å². The van der Waals surface area contributed by atoms with Crippen molar-refractivity contribution in [2.75, 3.05) is 13.1 Å². The van der Waals surface area contributed by atoms with Gasteiger partial charge in [-0.2, -0.15) is 0 Å². The largest absolute Gasteiger partial charge is 0.311 e. The van der Waals surface area contributed by atoms with Gasteiger partial charge in [0.1, 0.15) is 0 Å². The van der Waals surface area contributed by atoms with Crippen LogP contribution in [-0.2, 0) is 0 Å². The standard InChI is InChI=1S/C14H28N2/c1-5-11(3)14-9-16(12(4)8-15-14)13-6-10(2)7-13/h10-15H,5-9H2,1-4H3. The fraction of sp³-hybridized carbons (Fsp3) is 1.00. The molecule has 0 radical (unpaired) electrons. The summed E-state index contributed by atoms with van der Waals surface area (Å²) in [5.74, 6) is 1.78. The lowest BCUT2D eigenvalue weighted by Gasteiger charge is -2.49. The third-order valence-electron chi connectivity index (χ3n) is 4.80. The van der Waals surface area contributed by atoms with E-state index in [1.54, 1.807) is 0 Å². The van der Waals surface area contributed by atoms with E-state index in [2.05, 4.69) is 37.9 Å². The van der Waals surface area contributed by atoms with E-state index in [9.17, 15) is 0 Å². The normalized spacial score (nSPS) is 42.8. The van der Waals surface area contributed by atoms with Gasteiger partial charge in [0.25, 0.3) is 0 Å². The molecule has 1 saturated heterocycles. The Hall–Kier alpha value is -0.0800. The summed E-state index contributed by atoms with van der Waals surface area (Å²) in [6.45, 7) is 11.9. The zero-order valence-corrected chi connectivity index (χ0v) is 11.4. The summed E-state index contributed by atoms with van der Waals surface area (Å²) in [5.41, 5.74) is 0. The van der Waals surface area contributed by atoms with Crippen LogP contribution in [0.4, 0.5) is 0 Å². The molecular formula is C14H28N2. The molecule has 1 aliphatic heterocycles. The Balaban J connectivity index is 1.90. The van der Waals surface area contributed by atoms with Crippen molar-refractivity contribution >= 4 is 0 Å². The molecule has 16 heavy (non-hydrogen) atoms. The maximum Gasteiger partial charge on any atom is 0.0221 e. The summed E-state index contributed by atoms with van der Waals surface area (Å²) in [7, 11) is 0. The van der Waals surface area contributed by atoms with Gasteiger partial charge in [-0.3, -0.25) is 4.90 Å². The van der Waals surface area contributed by atoms with E-state index >= 15 is 0 Å². The Kier molecular flexibility index (Phi) is 3.91. The highest BCUT2D eigenvalue weighted by Crippen LogP contribution is 2.33. The van der Waals surface area contributed by atoms with Crippen LogP contribution in [0.25, 0.3) is 0 Å². The van der Waals surface area contributed by atoms with Gasteiger partial charge in [0, 0.05) is 31.2 Å². The van der Waals surface area contributed by atoms with E-state index in [-0.39, 0.29) is 0 Å². The topological polar surface area (TPSA) is 15.3 Å². The third kappa shape index (κ3) is 2.43. The summed E-state index contributed by atoms with van der Waals surface area (Å²) >= 11 is 0. The molecule has 94 valence electrons. The summed E-state index contributed by atoms with van der Waals surface area (Å²) in [5, 5.41) is 3.72. The number of hydrogen-bond donors (Lipinski definition) is 1. The molecule has 2 nitrogen and oxygen atoms in total. The zero-order chi connectivity index (χ0) is 11.7. The van der Waals surface area contributed by atoms with Gasteiger partial charge in [0.2, 0.25) is 0 Å². The molecule has 1 heterocycles. The Morgan fingerprint density at radius 3 is 2.56 bits per heavy atom. The van der Waals surface area contributed by atoms with E-state index in [0.717, 1.165) is 30.0 Å². The molecule has 0 aromatic heterocycles. The van der Waals surface area contributed by atoms with Crippen LogP contribution in [-0.4, -0.2) is 36.1 Å². The lowest BCUT2D eigenvalue weighted by molar-refractivity contribution is 0.0163. The Labute approximate surface area is 101 Å². The fourth-order valence-electron chi connectivity index (χ4n) is 3.22. The van der Waals surface area contributed by atoms with Crippen LogP contribution in [0.15, 0.2) is 0 Å². The first-order valence-electron chi connectivity index (χ1n) is 7.11. The van der Waals surface area contributed by atoms with Crippen LogP contribution in [0.1, 0.15) is 47.0 Å². The molecule has 3 unspecified atom stereocenters. The van der Waals surface area contributed by atoms with E-state index in [1.807, 2.05) is 0 Å². The maximum atomic E-state index is 3.72. The number of nitrogens with one attached hydrogen (secondary N) is 1. The van der Waals surface area contributed by atoms with Crippen molar-refractivity contribution in [3.63, 3.8) is 0 Å². The molecule has 0 spiro atoms. The zero-order valence-electron chi connectivity index (χ0n) is 11.4. The smallest absolute Gasteiger partial charge is 0.0221 e. The van der Waals surface area contributed by atoms with Crippen molar-refractivity contribution in [1.29, 1.82) is 0 Å². The summed E-state index contributed by atoms with van der Waals surface area (Å²) in [6, 6.07) is 2.34. The first-order valence-corrected chi connectivity index (χ1v) is 7.11. The fourth-order valence-corrected chi connectivity index (χ4v) is 3.22. The SMILES string of the molecule is CCC(C)C1CN(C2CC(C)C2)C(C)CN1. The van der Waals surface area contributed by atoms with Gasteiger partial charge in [-0.15, -0.1) is 0 Å². The van der Waals surface area contributed by atoms with Gasteiger partial charge < -0.3 is 5.32 Å². The molecule has 2 heteroatoms. The Bertz CT molecular complexity index is 223. The second-order valence-electron chi connectivity index (χ2n) is 6.18. The molecule has 1 N–H and O–H groups in total. The molecule has 0 bridgehead atoms. The molecule has 2 aliphatic rings. The van der Waals surface area contributed by atoms with E-state index in [0.29, 0.717) is 0 Å². The third-order valence-corrected chi connectivity index (χ3v) is 4.80. The summed E-state index contributed by atoms with van der Waals surface area (Å²) in [6.07, 6.45) is 4.15. The number of hydrogen-bond acceptors (Lipinski definition) is 2. The van der Waals surface area contributed by atoms with Gasteiger partial charge in [0.05, 0.1) is 0 Å². The van der Waals surface area contributed by atoms with Gasteiger partial charge in [-0.25, -0.2) is 0 Å². The monoisotopic (exact) mass is 224 g/mol. The molecule has 1 saturated carbocycles. The van der Waals surface area contributed by atoms with E-state index in [4.69, 9.17) is 0 Å². The van der Waals surface area contributed by atoms with Gasteiger partial charge in [0.15, 0.2) is 0 Å². The quantitative estimate of drug-likeness (QED) is 0.792. The average molecular weight is 224 g/mol. The minimum atomic E-state index is 0.720. The summed E-state index contributed by atoms with van der Waals surface area (Å²) < 4.78 is 0. The molecular weight excluding hydrogens is 196 g/mol. The van der Waals surface area contributed by atoms with Crippen LogP contribution in [0.2, 0.25) is 0 Å². The van der Waals surface area contributed by atoms with Crippen molar-refractivity contribution in [3.05, 3.63) is 0 Å². The van der Waals surface area contributed by atoms with Crippen LogP contribution in [0.5, 0.6) is 0 Å². The lowest BCUT2D eigenvalue weighted by atomic mass is 9.79. The number of nitrogens with zero attached hydrogens (tertiary/aromatic N) is 1. The number of piperazine rings is 1. The van der Waals surface area contributed by atoms with Crippen molar-refractivity contribution in [3.8, 4) is 0 Å². The summed E-state index contributed by atoms with van der Waals surface area (Å²) in [4.78, 5) is 2.77. The second kappa shape index (κ2) is 5.05. The molecule has 0 aromatic carbocycles. The van der Waals surface area contributed by atoms with E-state index < -0.39 is 0 Å². The Morgan fingerprint density at radius 1 is 1.31 bits per heavy atom. The molecule has 0 aromatic rings. The number of rotatable bonds is 3. The van der Waals surface area contributed by atoms with Gasteiger partial charge in [-0.1, -0.05) is 27.2 Å². The second-order valence-corrected chi connectivity index (χ2v) is 6.18. The van der Waals surface area contributed by atoms with Crippen molar-refractivity contribution in [1.82, 2.24) is 10.2 Å². The lowest BCUT2D eigenvalue weighted by Crippen LogP contribution is -2.62. The first-order chi connectivity index (χ1) is 7.61. The van der Waals surface area contributed by atoms with Gasteiger partial charge >= 0.3 is 0 Å². The van der Waals surface area contributed by atoms with Crippen molar-refractivity contribution in [2.45, 2.75) is 65.1 Å². The highest BCUT2D eigenvalue weighted by molar-refractivity contribution is 4.94. The molecule has 3 atom stereocenters. The minimum absolute atomic E-state index is 0.720. The van der Waals surface area contributed by atoms with Crippen LogP contribution < -0.4 is 5.32 Å².